The third kappa shape index (κ3) is 2.24. The highest BCUT2D eigenvalue weighted by Gasteiger charge is 2.69. The van der Waals surface area contributed by atoms with Crippen molar-refractivity contribution in [2.45, 2.75) is 43.7 Å². The van der Waals surface area contributed by atoms with Gasteiger partial charge in [-0.15, -0.1) is 0 Å². The van der Waals surface area contributed by atoms with Crippen LogP contribution in [-0.2, 0) is 14.2 Å². The Morgan fingerprint density at radius 1 is 1.17 bits per heavy atom. The Kier molecular flexibility index (Phi) is 3.20. The molecule has 0 saturated carbocycles. The molecular weight excluding hydrogens is 296 g/mol. The zero-order chi connectivity index (χ0) is 16.1. The first kappa shape index (κ1) is 14.9. The minimum Gasteiger partial charge on any atom is -0.447 e. The second-order valence-electron chi connectivity index (χ2n) is 7.05. The molecule has 23 heavy (non-hydrogen) atoms. The molecule has 0 spiro atoms. The van der Waals surface area contributed by atoms with E-state index in [2.05, 4.69) is 24.1 Å². The van der Waals surface area contributed by atoms with Crippen LogP contribution in [0.4, 0.5) is 10.5 Å². The van der Waals surface area contributed by atoms with Crippen LogP contribution in [0.15, 0.2) is 30.3 Å². The fourth-order valence-electron chi connectivity index (χ4n) is 4.24. The second kappa shape index (κ2) is 4.93. The van der Waals surface area contributed by atoms with E-state index in [-0.39, 0.29) is 23.6 Å². The van der Waals surface area contributed by atoms with Crippen LogP contribution in [0.5, 0.6) is 0 Å². The number of benzene rings is 1. The molecule has 124 valence electrons. The number of nitrogens with one attached hydrogen (secondary N) is 1. The Hall–Kier alpha value is -1.63. The van der Waals surface area contributed by atoms with Crippen molar-refractivity contribution in [1.29, 1.82) is 0 Å². The van der Waals surface area contributed by atoms with Crippen LogP contribution in [0.1, 0.15) is 26.7 Å². The van der Waals surface area contributed by atoms with Crippen molar-refractivity contribution >= 4 is 11.8 Å². The smallest absolute Gasteiger partial charge is 0.411 e. The Morgan fingerprint density at radius 3 is 2.39 bits per heavy atom. The first-order valence-electron chi connectivity index (χ1n) is 8.03. The molecule has 0 aromatic heterocycles. The monoisotopic (exact) mass is 318 g/mol. The third-order valence-electron chi connectivity index (χ3n) is 5.27. The highest BCUT2D eigenvalue weighted by Crippen LogP contribution is 2.55. The van der Waals surface area contributed by atoms with Gasteiger partial charge < -0.3 is 14.2 Å². The lowest BCUT2D eigenvalue weighted by Crippen LogP contribution is -2.56. The fraction of sp³-hybridized carbons (Fsp3) is 0.588. The van der Waals surface area contributed by atoms with Gasteiger partial charge in [0.1, 0.15) is 23.6 Å². The number of para-hydroxylation sites is 1. The number of carbonyl (C=O) groups excluding carboxylic acids is 1. The van der Waals surface area contributed by atoms with E-state index < -0.39 is 6.09 Å². The van der Waals surface area contributed by atoms with Gasteiger partial charge in [0, 0.05) is 5.69 Å². The Morgan fingerprint density at radius 2 is 1.78 bits per heavy atom. The molecule has 0 bridgehead atoms. The van der Waals surface area contributed by atoms with E-state index in [0.29, 0.717) is 13.2 Å². The lowest BCUT2D eigenvalue weighted by molar-refractivity contribution is -0.125. The molecule has 1 aromatic carbocycles. The Balaban J connectivity index is 1.44. The first-order valence-corrected chi connectivity index (χ1v) is 8.03. The summed E-state index contributed by atoms with van der Waals surface area (Å²) in [6.07, 6.45) is 1.41. The van der Waals surface area contributed by atoms with E-state index in [1.807, 2.05) is 30.3 Å². The van der Waals surface area contributed by atoms with Gasteiger partial charge in [0.05, 0.1) is 13.2 Å². The molecule has 3 fully saturated rings. The summed E-state index contributed by atoms with van der Waals surface area (Å²) in [7, 11) is 0. The van der Waals surface area contributed by atoms with Crippen molar-refractivity contribution in [2.75, 3.05) is 25.1 Å². The van der Waals surface area contributed by atoms with Crippen LogP contribution in [0.2, 0.25) is 0 Å². The molecule has 0 radical (unpaired) electrons. The van der Waals surface area contributed by atoms with Gasteiger partial charge in [0.15, 0.2) is 0 Å². The van der Waals surface area contributed by atoms with Crippen molar-refractivity contribution in [1.82, 2.24) is 4.90 Å². The minimum atomic E-state index is -0.452. The summed E-state index contributed by atoms with van der Waals surface area (Å²) in [5, 5.41) is 2.74. The van der Waals surface area contributed by atoms with Gasteiger partial charge in [-0.25, -0.2) is 9.69 Å². The number of carbonyl (C=O) groups is 1. The summed E-state index contributed by atoms with van der Waals surface area (Å²) in [6, 6.07) is 9.28. The van der Waals surface area contributed by atoms with E-state index >= 15 is 0 Å². The zero-order valence-corrected chi connectivity index (χ0v) is 13.5. The van der Waals surface area contributed by atoms with Crippen molar-refractivity contribution in [3.63, 3.8) is 0 Å². The first-order chi connectivity index (χ1) is 11.0. The molecule has 3 heterocycles. The van der Waals surface area contributed by atoms with Gasteiger partial charge in [-0.1, -0.05) is 18.2 Å². The fourth-order valence-corrected chi connectivity index (χ4v) is 4.24. The van der Waals surface area contributed by atoms with Crippen molar-refractivity contribution < 1.29 is 19.0 Å². The van der Waals surface area contributed by atoms with Crippen molar-refractivity contribution in [3.05, 3.63) is 30.3 Å². The highest BCUT2D eigenvalue weighted by atomic mass is 16.6. The number of nitrogens with zero attached hydrogens (tertiary/aromatic N) is 1. The topological polar surface area (TPSA) is 60.0 Å². The van der Waals surface area contributed by atoms with E-state index in [4.69, 9.17) is 14.2 Å². The maximum Gasteiger partial charge on any atom is 0.411 e. The Bertz CT molecular complexity index is 600. The number of amides is 1. The molecule has 0 aliphatic carbocycles. The van der Waals surface area contributed by atoms with Crippen LogP contribution in [0, 0.1) is 0 Å². The van der Waals surface area contributed by atoms with Gasteiger partial charge in [-0.3, -0.25) is 5.32 Å². The molecule has 3 aliphatic heterocycles. The maximum atomic E-state index is 12.1. The summed E-state index contributed by atoms with van der Waals surface area (Å²) in [4.78, 5) is 14.3. The summed E-state index contributed by atoms with van der Waals surface area (Å²) < 4.78 is 17.6. The zero-order valence-electron chi connectivity index (χ0n) is 13.5. The predicted molar refractivity (Wildman–Crippen MR) is 83.9 cm³/mol. The standard InChI is InChI=1S/C17H22N2O4/c1-15-8-9-16(2)19(15)17(11-22-15,12-23-16)10-21-14(20)18-13-6-4-3-5-7-13/h3-7H,8-12H2,1-2H3,(H,18,20)/t15-,16-/m0/s1. The van der Waals surface area contributed by atoms with Crippen LogP contribution in [0.25, 0.3) is 0 Å². The van der Waals surface area contributed by atoms with Crippen LogP contribution < -0.4 is 5.32 Å². The normalized spacial score (nSPS) is 38.5. The van der Waals surface area contributed by atoms with Crippen molar-refractivity contribution in [2.24, 2.45) is 0 Å². The van der Waals surface area contributed by atoms with Gasteiger partial charge in [-0.2, -0.15) is 0 Å². The van der Waals surface area contributed by atoms with E-state index in [0.717, 1.165) is 18.5 Å². The molecule has 1 N–H and O–H groups in total. The van der Waals surface area contributed by atoms with E-state index in [9.17, 15) is 4.79 Å². The lowest BCUT2D eigenvalue weighted by Gasteiger charge is -2.37. The second-order valence-corrected chi connectivity index (χ2v) is 7.05. The van der Waals surface area contributed by atoms with Crippen molar-refractivity contribution in [3.8, 4) is 0 Å². The van der Waals surface area contributed by atoms with Gasteiger partial charge in [-0.05, 0) is 38.8 Å². The number of ether oxygens (including phenoxy) is 3. The molecule has 3 aliphatic rings. The molecule has 1 aromatic rings. The van der Waals surface area contributed by atoms with Gasteiger partial charge >= 0.3 is 6.09 Å². The maximum absolute atomic E-state index is 12.1. The third-order valence-corrected chi connectivity index (χ3v) is 5.27. The molecule has 0 unspecified atom stereocenters. The molecular formula is C17H22N2O4. The largest absolute Gasteiger partial charge is 0.447 e. The van der Waals surface area contributed by atoms with Crippen LogP contribution >= 0.6 is 0 Å². The number of anilines is 1. The molecule has 4 rings (SSSR count). The van der Waals surface area contributed by atoms with E-state index in [1.54, 1.807) is 0 Å². The lowest BCUT2D eigenvalue weighted by atomic mass is 10.0. The summed E-state index contributed by atoms with van der Waals surface area (Å²) in [6.45, 7) is 5.50. The molecule has 1 amide bonds. The van der Waals surface area contributed by atoms with Gasteiger partial charge in [0.25, 0.3) is 0 Å². The van der Waals surface area contributed by atoms with Crippen LogP contribution in [0.3, 0.4) is 0 Å². The number of hydrogen-bond acceptors (Lipinski definition) is 5. The summed E-state index contributed by atoms with van der Waals surface area (Å²) in [5.74, 6) is 0. The van der Waals surface area contributed by atoms with E-state index in [1.165, 1.54) is 0 Å². The summed E-state index contributed by atoms with van der Waals surface area (Å²) >= 11 is 0. The number of rotatable bonds is 3. The summed E-state index contributed by atoms with van der Waals surface area (Å²) in [5.41, 5.74) is -0.292. The molecule has 3 saturated heterocycles. The molecule has 2 atom stereocenters. The van der Waals surface area contributed by atoms with Crippen LogP contribution in [-0.4, -0.2) is 47.8 Å². The predicted octanol–water partition coefficient (Wildman–Crippen LogP) is 2.56. The number of hydrogen-bond donors (Lipinski definition) is 1. The molecule has 6 nitrogen and oxygen atoms in total. The minimum absolute atomic E-state index is 0.261. The average molecular weight is 318 g/mol. The van der Waals surface area contributed by atoms with Gasteiger partial charge in [0.2, 0.25) is 0 Å². The SMILES string of the molecule is C[C@@]12CC[C@]3(C)OCC(COC(=O)Nc4ccccc4)(CO1)N23. The quantitative estimate of drug-likeness (QED) is 0.928. The average Bonchev–Trinajstić information content (AvgIpc) is 3.11. The molecule has 6 heteroatoms. The highest BCUT2D eigenvalue weighted by molar-refractivity contribution is 5.84. The Labute approximate surface area is 135 Å².